The van der Waals surface area contributed by atoms with Crippen LogP contribution >= 0.6 is 0 Å². The van der Waals surface area contributed by atoms with E-state index in [0.29, 0.717) is 22.9 Å². The van der Waals surface area contributed by atoms with Gasteiger partial charge in [0, 0.05) is 40.0 Å². The summed E-state index contributed by atoms with van der Waals surface area (Å²) in [5, 5.41) is 12.4. The van der Waals surface area contributed by atoms with Gasteiger partial charge in [-0.1, -0.05) is 6.07 Å². The number of nitrogens with zero attached hydrogens (tertiary/aromatic N) is 2. The Morgan fingerprint density at radius 2 is 1.70 bits per heavy atom. The first-order chi connectivity index (χ1) is 16.1. The van der Waals surface area contributed by atoms with Crippen molar-refractivity contribution in [3.8, 4) is 5.69 Å². The minimum absolute atomic E-state index is 0.0369. The van der Waals surface area contributed by atoms with Crippen LogP contribution < -0.4 is 10.6 Å². The van der Waals surface area contributed by atoms with Gasteiger partial charge in [0.15, 0.2) is 0 Å². The number of anilines is 1. The standard InChI is InChI=1S/C26H21N5O2/c32-25(29-20-5-6-20)17-3-8-22(9-4-17)31-24-10-7-21(13-19(24)15-28-31)30-26(33)18-2-1-16-11-12-27-23(16)14-18/h1-4,7-15,20,27H,5-6H2,(H,29,32)(H,30,33). The van der Waals surface area contributed by atoms with Crippen molar-refractivity contribution >= 4 is 39.3 Å². The predicted octanol–water partition coefficient (Wildman–Crippen LogP) is 4.65. The number of fused-ring (bicyclic) bond motifs is 2. The van der Waals surface area contributed by atoms with Crippen molar-refractivity contribution in [2.45, 2.75) is 18.9 Å². The van der Waals surface area contributed by atoms with E-state index in [4.69, 9.17) is 0 Å². The van der Waals surface area contributed by atoms with Gasteiger partial charge in [0.2, 0.25) is 0 Å². The van der Waals surface area contributed by atoms with Crippen LogP contribution in [-0.4, -0.2) is 32.6 Å². The van der Waals surface area contributed by atoms with Crippen LogP contribution in [0.1, 0.15) is 33.6 Å². The summed E-state index contributed by atoms with van der Waals surface area (Å²) in [7, 11) is 0. The third kappa shape index (κ3) is 3.74. The third-order valence-electron chi connectivity index (χ3n) is 5.93. The van der Waals surface area contributed by atoms with Gasteiger partial charge < -0.3 is 15.6 Å². The van der Waals surface area contributed by atoms with E-state index < -0.39 is 0 Å². The maximum Gasteiger partial charge on any atom is 0.255 e. The summed E-state index contributed by atoms with van der Waals surface area (Å²) in [6.45, 7) is 0. The molecule has 7 heteroatoms. The minimum atomic E-state index is -0.168. The molecule has 0 bridgehead atoms. The van der Waals surface area contributed by atoms with E-state index in [1.165, 1.54) is 0 Å². The van der Waals surface area contributed by atoms with Crippen molar-refractivity contribution in [3.63, 3.8) is 0 Å². The summed E-state index contributed by atoms with van der Waals surface area (Å²) in [5.74, 6) is -0.205. The van der Waals surface area contributed by atoms with Crippen LogP contribution in [0.5, 0.6) is 0 Å². The lowest BCUT2D eigenvalue weighted by Gasteiger charge is -2.08. The molecule has 0 aliphatic heterocycles. The fraction of sp³-hybridized carbons (Fsp3) is 0.115. The monoisotopic (exact) mass is 435 g/mol. The van der Waals surface area contributed by atoms with Gasteiger partial charge >= 0.3 is 0 Å². The summed E-state index contributed by atoms with van der Waals surface area (Å²) in [6.07, 6.45) is 5.75. The number of nitrogens with one attached hydrogen (secondary N) is 3. The van der Waals surface area contributed by atoms with Crippen molar-refractivity contribution < 1.29 is 9.59 Å². The highest BCUT2D eigenvalue weighted by molar-refractivity contribution is 6.06. The van der Waals surface area contributed by atoms with Crippen LogP contribution in [-0.2, 0) is 0 Å². The zero-order chi connectivity index (χ0) is 22.4. The highest BCUT2D eigenvalue weighted by atomic mass is 16.2. The largest absolute Gasteiger partial charge is 0.361 e. The summed E-state index contributed by atoms with van der Waals surface area (Å²) >= 11 is 0. The minimum Gasteiger partial charge on any atom is -0.361 e. The maximum absolute atomic E-state index is 12.7. The van der Waals surface area contributed by atoms with Crippen molar-refractivity contribution in [2.75, 3.05) is 5.32 Å². The molecule has 2 aromatic heterocycles. The SMILES string of the molecule is O=C(Nc1ccc2c(cnn2-c2ccc(C(=O)NC3CC3)cc2)c1)c1ccc2cc[nH]c2c1. The fourth-order valence-electron chi connectivity index (χ4n) is 3.96. The first kappa shape index (κ1) is 19.3. The van der Waals surface area contributed by atoms with Crippen molar-refractivity contribution in [2.24, 2.45) is 0 Å². The maximum atomic E-state index is 12.7. The predicted molar refractivity (Wildman–Crippen MR) is 128 cm³/mol. The summed E-state index contributed by atoms with van der Waals surface area (Å²) < 4.78 is 1.82. The van der Waals surface area contributed by atoms with Gasteiger partial charge in [0.1, 0.15) is 0 Å². The smallest absolute Gasteiger partial charge is 0.255 e. The van der Waals surface area contributed by atoms with Crippen molar-refractivity contribution in [1.29, 1.82) is 0 Å². The quantitative estimate of drug-likeness (QED) is 0.375. The molecule has 1 aliphatic carbocycles. The molecule has 0 spiro atoms. The molecule has 0 radical (unpaired) electrons. The molecule has 1 saturated carbocycles. The Labute approximate surface area is 189 Å². The summed E-state index contributed by atoms with van der Waals surface area (Å²) in [4.78, 5) is 28.1. The van der Waals surface area contributed by atoms with Gasteiger partial charge in [-0.3, -0.25) is 9.59 Å². The van der Waals surface area contributed by atoms with E-state index >= 15 is 0 Å². The van der Waals surface area contributed by atoms with Gasteiger partial charge in [0.05, 0.1) is 17.4 Å². The Morgan fingerprint density at radius 1 is 0.879 bits per heavy atom. The lowest BCUT2D eigenvalue weighted by atomic mass is 10.1. The van der Waals surface area contributed by atoms with Gasteiger partial charge in [-0.05, 0) is 78.9 Å². The van der Waals surface area contributed by atoms with Crippen LogP contribution in [0.15, 0.2) is 79.1 Å². The normalized spacial score (nSPS) is 13.3. The molecule has 2 amide bonds. The number of H-pyrrole nitrogens is 1. The fourth-order valence-corrected chi connectivity index (χ4v) is 3.96. The molecule has 162 valence electrons. The number of hydrogen-bond donors (Lipinski definition) is 3. The molecule has 0 atom stereocenters. The number of amides is 2. The molecule has 6 rings (SSSR count). The highest BCUT2D eigenvalue weighted by Gasteiger charge is 2.23. The average Bonchev–Trinajstić information content (AvgIpc) is 3.36. The van der Waals surface area contributed by atoms with E-state index in [1.807, 2.05) is 77.6 Å². The van der Waals surface area contributed by atoms with Gasteiger partial charge in [-0.25, -0.2) is 4.68 Å². The van der Waals surface area contributed by atoms with Crippen molar-refractivity contribution in [1.82, 2.24) is 20.1 Å². The van der Waals surface area contributed by atoms with Crippen LogP contribution in [0.3, 0.4) is 0 Å². The number of aromatic nitrogens is 3. The zero-order valence-corrected chi connectivity index (χ0v) is 17.7. The van der Waals surface area contributed by atoms with E-state index in [-0.39, 0.29) is 11.8 Å². The van der Waals surface area contributed by atoms with Crippen LogP contribution in [0.4, 0.5) is 5.69 Å². The van der Waals surface area contributed by atoms with Crippen molar-refractivity contribution in [3.05, 3.63) is 90.3 Å². The van der Waals surface area contributed by atoms with Crippen LogP contribution in [0.25, 0.3) is 27.5 Å². The number of carbonyl (C=O) groups excluding carboxylic acids is 2. The second-order valence-corrected chi connectivity index (χ2v) is 8.36. The molecule has 1 fully saturated rings. The first-order valence-electron chi connectivity index (χ1n) is 10.9. The van der Waals surface area contributed by atoms with Crippen LogP contribution in [0.2, 0.25) is 0 Å². The number of benzene rings is 3. The molecule has 2 heterocycles. The molecule has 7 nitrogen and oxygen atoms in total. The lowest BCUT2D eigenvalue weighted by Crippen LogP contribution is -2.25. The Bertz CT molecular complexity index is 1510. The number of aromatic amines is 1. The first-order valence-corrected chi connectivity index (χ1v) is 10.9. The molecular formula is C26H21N5O2. The van der Waals surface area contributed by atoms with Crippen LogP contribution in [0, 0.1) is 0 Å². The molecule has 5 aromatic rings. The van der Waals surface area contributed by atoms with Gasteiger partial charge in [-0.15, -0.1) is 0 Å². The Balaban J connectivity index is 1.22. The third-order valence-corrected chi connectivity index (χ3v) is 5.93. The Hall–Kier alpha value is -4.39. The molecule has 0 saturated heterocycles. The topological polar surface area (TPSA) is 91.8 Å². The summed E-state index contributed by atoms with van der Waals surface area (Å²) in [6, 6.07) is 21.0. The van der Waals surface area contributed by atoms with Gasteiger partial charge in [-0.2, -0.15) is 5.10 Å². The van der Waals surface area contributed by atoms with E-state index in [1.54, 1.807) is 6.20 Å². The van der Waals surface area contributed by atoms with E-state index in [0.717, 1.165) is 40.3 Å². The number of hydrogen-bond acceptors (Lipinski definition) is 3. The zero-order valence-electron chi connectivity index (χ0n) is 17.7. The highest BCUT2D eigenvalue weighted by Crippen LogP contribution is 2.24. The second kappa shape index (κ2) is 7.63. The molecular weight excluding hydrogens is 414 g/mol. The molecule has 1 aliphatic rings. The molecule has 3 aromatic carbocycles. The number of carbonyl (C=O) groups is 2. The number of rotatable bonds is 5. The van der Waals surface area contributed by atoms with E-state index in [9.17, 15) is 9.59 Å². The molecule has 3 N–H and O–H groups in total. The molecule has 0 unspecified atom stereocenters. The molecule has 33 heavy (non-hydrogen) atoms. The Morgan fingerprint density at radius 3 is 2.52 bits per heavy atom. The van der Waals surface area contributed by atoms with E-state index in [2.05, 4.69) is 20.7 Å². The lowest BCUT2D eigenvalue weighted by molar-refractivity contribution is 0.0950. The van der Waals surface area contributed by atoms with Gasteiger partial charge in [0.25, 0.3) is 11.8 Å². The average molecular weight is 435 g/mol. The summed E-state index contributed by atoms with van der Waals surface area (Å²) in [5.41, 5.74) is 4.64. The second-order valence-electron chi connectivity index (χ2n) is 8.36. The Kier molecular flexibility index (Phi) is 4.47.